The Morgan fingerprint density at radius 1 is 1.14 bits per heavy atom. The van der Waals surface area contributed by atoms with Gasteiger partial charge in [-0.2, -0.15) is 0 Å². The minimum atomic E-state index is -1.08. The largest absolute Gasteiger partial charge is 0.478 e. The average molecular weight is 319 g/mol. The normalized spacial score (nSPS) is 10.5. The first-order valence-corrected chi connectivity index (χ1v) is 7.57. The molecule has 0 aliphatic heterocycles. The number of thiazole rings is 1. The predicted octanol–water partition coefficient (Wildman–Crippen LogP) is 3.70. The van der Waals surface area contributed by atoms with E-state index in [0.717, 1.165) is 21.6 Å². The van der Waals surface area contributed by atoms with Gasteiger partial charge in [0, 0.05) is 0 Å². The summed E-state index contributed by atoms with van der Waals surface area (Å²) >= 11 is 2.50. The van der Waals surface area contributed by atoms with E-state index in [1.54, 1.807) is 5.38 Å². The lowest BCUT2D eigenvalue weighted by Crippen LogP contribution is -2.19. The average Bonchev–Trinajstić information content (AvgIpc) is 3.03. The molecule has 0 saturated heterocycles. The van der Waals surface area contributed by atoms with E-state index in [1.165, 1.54) is 17.4 Å². The molecule has 6 nitrogen and oxygen atoms in total. The number of para-hydroxylation sites is 1. The lowest BCUT2D eigenvalue weighted by Gasteiger charge is -2.03. The minimum absolute atomic E-state index is 0.0689. The molecule has 8 heteroatoms. The van der Waals surface area contributed by atoms with Crippen LogP contribution in [-0.4, -0.2) is 22.1 Å². The topological polar surface area (TPSA) is 91.3 Å². The number of amides is 2. The molecule has 0 aliphatic rings. The number of rotatable bonds is 3. The van der Waals surface area contributed by atoms with Crippen molar-refractivity contribution in [2.45, 2.75) is 0 Å². The number of hydrogen-bond donors (Lipinski definition) is 3. The Labute approximate surface area is 127 Å². The first kappa shape index (κ1) is 13.5. The molecule has 3 rings (SSSR count). The van der Waals surface area contributed by atoms with Crippen LogP contribution in [-0.2, 0) is 0 Å². The molecule has 2 amide bonds. The third-order valence-corrected chi connectivity index (χ3v) is 4.42. The van der Waals surface area contributed by atoms with Crippen LogP contribution < -0.4 is 10.6 Å². The van der Waals surface area contributed by atoms with Crippen LogP contribution in [0.4, 0.5) is 14.9 Å². The van der Waals surface area contributed by atoms with Gasteiger partial charge in [0.25, 0.3) is 0 Å². The number of urea groups is 1. The first-order chi connectivity index (χ1) is 10.1. The maximum Gasteiger partial charge on any atom is 0.338 e. The van der Waals surface area contributed by atoms with E-state index in [9.17, 15) is 9.59 Å². The van der Waals surface area contributed by atoms with Crippen molar-refractivity contribution in [2.24, 2.45) is 0 Å². The number of fused-ring (bicyclic) bond motifs is 1. The van der Waals surface area contributed by atoms with E-state index in [2.05, 4.69) is 15.6 Å². The number of carboxylic acid groups (broad SMARTS) is 1. The lowest BCUT2D eigenvalue weighted by atomic mass is 10.3. The molecule has 21 heavy (non-hydrogen) atoms. The summed E-state index contributed by atoms with van der Waals surface area (Å²) in [5.74, 6) is -1.08. The van der Waals surface area contributed by atoms with Gasteiger partial charge >= 0.3 is 12.0 Å². The summed E-state index contributed by atoms with van der Waals surface area (Å²) in [6.45, 7) is 0. The molecule has 0 radical (unpaired) electrons. The van der Waals surface area contributed by atoms with Crippen LogP contribution in [0.5, 0.6) is 0 Å². The Balaban J connectivity index is 1.74. The number of carboxylic acids is 1. The van der Waals surface area contributed by atoms with Gasteiger partial charge in [-0.3, -0.25) is 10.6 Å². The van der Waals surface area contributed by atoms with Gasteiger partial charge in [0.2, 0.25) is 0 Å². The highest BCUT2D eigenvalue weighted by molar-refractivity contribution is 7.22. The molecule has 106 valence electrons. The van der Waals surface area contributed by atoms with Crippen LogP contribution in [0.3, 0.4) is 0 Å². The molecule has 0 atom stereocenters. The van der Waals surface area contributed by atoms with Gasteiger partial charge in [-0.05, 0) is 23.6 Å². The minimum Gasteiger partial charge on any atom is -0.478 e. The van der Waals surface area contributed by atoms with Crippen LogP contribution in [0.1, 0.15) is 10.4 Å². The molecule has 0 spiro atoms. The monoisotopic (exact) mass is 319 g/mol. The molecule has 2 aromatic heterocycles. The second kappa shape index (κ2) is 5.51. The lowest BCUT2D eigenvalue weighted by molar-refractivity contribution is 0.0698. The van der Waals surface area contributed by atoms with Gasteiger partial charge in [0.1, 0.15) is 5.00 Å². The number of hydrogen-bond acceptors (Lipinski definition) is 5. The molecular formula is C13H9N3O3S2. The fourth-order valence-corrected chi connectivity index (χ4v) is 3.37. The fourth-order valence-electron chi connectivity index (χ4n) is 1.73. The van der Waals surface area contributed by atoms with E-state index in [4.69, 9.17) is 5.11 Å². The van der Waals surface area contributed by atoms with Gasteiger partial charge in [-0.25, -0.2) is 14.6 Å². The second-order valence-corrected chi connectivity index (χ2v) is 5.98. The van der Waals surface area contributed by atoms with E-state index in [0.29, 0.717) is 10.1 Å². The van der Waals surface area contributed by atoms with E-state index in [-0.39, 0.29) is 5.56 Å². The van der Waals surface area contributed by atoms with Crippen LogP contribution in [0, 0.1) is 0 Å². The zero-order valence-electron chi connectivity index (χ0n) is 10.5. The summed E-state index contributed by atoms with van der Waals surface area (Å²) in [7, 11) is 0. The molecule has 3 N–H and O–H groups in total. The summed E-state index contributed by atoms with van der Waals surface area (Å²) in [6, 6.07) is 8.47. The van der Waals surface area contributed by atoms with Crippen LogP contribution in [0.2, 0.25) is 0 Å². The first-order valence-electron chi connectivity index (χ1n) is 5.88. The van der Waals surface area contributed by atoms with Crippen LogP contribution >= 0.6 is 22.7 Å². The molecule has 0 aliphatic carbocycles. The van der Waals surface area contributed by atoms with Crippen molar-refractivity contribution in [3.8, 4) is 0 Å². The highest BCUT2D eigenvalue weighted by Crippen LogP contribution is 2.26. The van der Waals surface area contributed by atoms with Crippen molar-refractivity contribution >= 4 is 55.0 Å². The van der Waals surface area contributed by atoms with Crippen molar-refractivity contribution in [1.82, 2.24) is 4.98 Å². The van der Waals surface area contributed by atoms with Crippen molar-refractivity contribution in [3.63, 3.8) is 0 Å². The van der Waals surface area contributed by atoms with E-state index < -0.39 is 12.0 Å². The van der Waals surface area contributed by atoms with Crippen molar-refractivity contribution < 1.29 is 14.7 Å². The molecule has 3 aromatic rings. The number of nitrogens with one attached hydrogen (secondary N) is 2. The molecule has 0 bridgehead atoms. The molecule has 2 heterocycles. The Kier molecular flexibility index (Phi) is 3.55. The number of thiophene rings is 1. The standard InChI is InChI=1S/C13H9N3O3S2/c17-11(18)7-5-6-20-10(7)15-12(19)16-13-14-8-3-1-2-4-9(8)21-13/h1-6H,(H,17,18)(H2,14,15,16,19). The summed E-state index contributed by atoms with van der Waals surface area (Å²) in [5, 5.41) is 16.5. The number of carbonyl (C=O) groups excluding carboxylic acids is 1. The van der Waals surface area contributed by atoms with Crippen molar-refractivity contribution in [2.75, 3.05) is 10.6 Å². The number of aromatic carboxylic acids is 1. The zero-order valence-corrected chi connectivity index (χ0v) is 12.1. The third-order valence-electron chi connectivity index (χ3n) is 2.64. The maximum atomic E-state index is 11.9. The number of anilines is 2. The maximum absolute atomic E-state index is 11.9. The molecule has 0 unspecified atom stereocenters. The van der Waals surface area contributed by atoms with Crippen molar-refractivity contribution in [1.29, 1.82) is 0 Å². The SMILES string of the molecule is O=C(Nc1nc2ccccc2s1)Nc1sccc1C(=O)O. The Bertz CT molecular complexity index is 792. The molecule has 1 aromatic carbocycles. The summed E-state index contributed by atoms with van der Waals surface area (Å²) in [4.78, 5) is 27.1. The highest BCUT2D eigenvalue weighted by Gasteiger charge is 2.14. The molecule has 0 saturated carbocycles. The zero-order chi connectivity index (χ0) is 14.8. The predicted molar refractivity (Wildman–Crippen MR) is 83.5 cm³/mol. The van der Waals surface area contributed by atoms with Crippen LogP contribution in [0.25, 0.3) is 10.2 Å². The van der Waals surface area contributed by atoms with Gasteiger partial charge in [0.05, 0.1) is 15.8 Å². The Morgan fingerprint density at radius 3 is 2.71 bits per heavy atom. The fraction of sp³-hybridized carbons (Fsp3) is 0. The third kappa shape index (κ3) is 2.86. The van der Waals surface area contributed by atoms with Crippen molar-refractivity contribution in [3.05, 3.63) is 41.3 Å². The number of aromatic nitrogens is 1. The molecule has 0 fully saturated rings. The number of benzene rings is 1. The van der Waals surface area contributed by atoms with Gasteiger partial charge in [-0.15, -0.1) is 11.3 Å². The van der Waals surface area contributed by atoms with Gasteiger partial charge in [-0.1, -0.05) is 23.5 Å². The highest BCUT2D eigenvalue weighted by atomic mass is 32.1. The van der Waals surface area contributed by atoms with Gasteiger partial charge in [0.15, 0.2) is 5.13 Å². The quantitative estimate of drug-likeness (QED) is 0.686. The van der Waals surface area contributed by atoms with Gasteiger partial charge < -0.3 is 5.11 Å². The number of carbonyl (C=O) groups is 2. The Hall–Kier alpha value is -2.45. The van der Waals surface area contributed by atoms with Crippen LogP contribution in [0.15, 0.2) is 35.7 Å². The summed E-state index contributed by atoms with van der Waals surface area (Å²) in [6.07, 6.45) is 0. The number of nitrogens with zero attached hydrogens (tertiary/aromatic N) is 1. The smallest absolute Gasteiger partial charge is 0.338 e. The molecular weight excluding hydrogens is 310 g/mol. The van der Waals surface area contributed by atoms with E-state index >= 15 is 0 Å². The second-order valence-electron chi connectivity index (χ2n) is 4.03. The summed E-state index contributed by atoms with van der Waals surface area (Å²) < 4.78 is 0.968. The Morgan fingerprint density at radius 2 is 1.95 bits per heavy atom. The summed E-state index contributed by atoms with van der Waals surface area (Å²) in [5.41, 5.74) is 0.875. The van der Waals surface area contributed by atoms with E-state index in [1.807, 2.05) is 24.3 Å².